The molecule has 8 atom stereocenters. The Balaban J connectivity index is 0.00000106. The zero-order valence-corrected chi connectivity index (χ0v) is 33.6. The predicted molar refractivity (Wildman–Crippen MR) is 198 cm³/mol. The van der Waals surface area contributed by atoms with Crippen LogP contribution in [0.4, 0.5) is 0 Å². The van der Waals surface area contributed by atoms with Crippen molar-refractivity contribution in [2.75, 3.05) is 6.23 Å². The maximum absolute atomic E-state index is 6.88. The van der Waals surface area contributed by atoms with Crippen molar-refractivity contribution in [1.29, 1.82) is 0 Å². The van der Waals surface area contributed by atoms with Gasteiger partial charge in [0.2, 0.25) is 0 Å². The third kappa shape index (κ3) is 8.20. The van der Waals surface area contributed by atoms with E-state index in [2.05, 4.69) is 138 Å². The molecule has 5 heteroatoms. The van der Waals surface area contributed by atoms with Gasteiger partial charge in [0.25, 0.3) is 0 Å². The molecule has 242 valence electrons. The average molecular weight is 741 g/mol. The second-order valence-corrected chi connectivity index (χ2v) is 22.9. The molecule has 0 spiro atoms. The molecular weight excluding hydrogens is 687 g/mol. The summed E-state index contributed by atoms with van der Waals surface area (Å²) in [7, 11) is 7.89. The first-order valence-electron chi connectivity index (χ1n) is 16.1. The Hall–Kier alpha value is -0.960. The van der Waals surface area contributed by atoms with Crippen molar-refractivity contribution >= 4 is 36.2 Å². The van der Waals surface area contributed by atoms with E-state index >= 15 is 0 Å². The molecule has 1 nitrogen and oxygen atoms in total. The van der Waals surface area contributed by atoms with Crippen LogP contribution >= 0.6 is 17.0 Å². The number of rotatable bonds is 6. The molecule has 2 aromatic carbocycles. The minimum absolute atomic E-state index is 0. The van der Waals surface area contributed by atoms with Crippen molar-refractivity contribution in [2.24, 2.45) is 35.5 Å². The third-order valence-electron chi connectivity index (χ3n) is 10.8. The van der Waals surface area contributed by atoms with Gasteiger partial charge in [-0.15, -0.1) is 0 Å². The summed E-state index contributed by atoms with van der Waals surface area (Å²) in [5, 5.41) is 0. The summed E-state index contributed by atoms with van der Waals surface area (Å²) in [6.45, 7) is 14.6. The van der Waals surface area contributed by atoms with E-state index in [-0.39, 0.29) is 20.5 Å². The van der Waals surface area contributed by atoms with Crippen LogP contribution in [0.5, 0.6) is 0 Å². The molecule has 0 bridgehead atoms. The van der Waals surface area contributed by atoms with Gasteiger partial charge in [0.05, 0.1) is 13.7 Å². The summed E-state index contributed by atoms with van der Waals surface area (Å²) >= 11 is -0.826. The average Bonchev–Trinajstić information content (AvgIpc) is 3.53. The Morgan fingerprint density at radius 3 is 1.47 bits per heavy atom. The molecule has 0 aliphatic heterocycles. The fraction of sp³-hybridized carbons (Fsp3) is 0.450. The van der Waals surface area contributed by atoms with Crippen LogP contribution in [0, 0.1) is 50.4 Å². The van der Waals surface area contributed by atoms with E-state index in [1.54, 1.807) is 11.1 Å². The number of halogens is 2. The Kier molecular flexibility index (Phi) is 14.1. The summed E-state index contributed by atoms with van der Waals surface area (Å²) in [6.07, 6.45) is 18.3. The van der Waals surface area contributed by atoms with Gasteiger partial charge in [0.15, 0.2) is 0 Å². The summed E-state index contributed by atoms with van der Waals surface area (Å²) in [5.41, 5.74) is 7.24. The quantitative estimate of drug-likeness (QED) is 0.212. The van der Waals surface area contributed by atoms with Crippen molar-refractivity contribution < 1.29 is 25.6 Å². The Bertz CT molecular complexity index is 1250. The third-order valence-corrected chi connectivity index (χ3v) is 16.5. The van der Waals surface area contributed by atoms with E-state index in [1.807, 2.05) is 0 Å². The molecule has 0 saturated heterocycles. The number of hydrogen-bond donors (Lipinski definition) is 0. The number of fused-ring (bicyclic) bond motifs is 2. The molecule has 45 heavy (non-hydrogen) atoms. The number of hydrogen-bond acceptors (Lipinski definition) is 1. The van der Waals surface area contributed by atoms with Gasteiger partial charge in [-0.3, -0.25) is 0 Å². The molecule has 8 unspecified atom stereocenters. The van der Waals surface area contributed by atoms with E-state index in [0.717, 1.165) is 6.23 Å². The molecule has 6 rings (SSSR count). The monoisotopic (exact) mass is 738 g/mol. The molecule has 4 aliphatic carbocycles. The zero-order valence-electron chi connectivity index (χ0n) is 28.6. The SMILES string of the molecule is CC1CC2C(c3ccccc3)=CC=CC2C1[Si](C)(COC(C)(C)C)C1C(C)CC2C(c3ccccc3)=CC=CC21.[CH3-].[CH3-].[Cl][Zr+2][Cl]. The van der Waals surface area contributed by atoms with E-state index in [9.17, 15) is 0 Å². The number of ether oxygens (including phenoxy) is 1. The van der Waals surface area contributed by atoms with Crippen LogP contribution in [0.25, 0.3) is 11.1 Å². The number of allylic oxidation sites excluding steroid dienone is 8. The van der Waals surface area contributed by atoms with Gasteiger partial charge in [0.1, 0.15) is 0 Å². The first-order chi connectivity index (χ1) is 20.6. The molecular formula is C40H54Cl2OSiZr. The molecule has 0 heterocycles. The van der Waals surface area contributed by atoms with Crippen LogP contribution in [0.1, 0.15) is 58.6 Å². The fourth-order valence-corrected chi connectivity index (χ4v) is 16.4. The van der Waals surface area contributed by atoms with Gasteiger partial charge in [-0.25, -0.2) is 0 Å². The summed E-state index contributed by atoms with van der Waals surface area (Å²) in [6, 6.07) is 22.3. The molecule has 2 fully saturated rings. The molecule has 0 aromatic heterocycles. The minimum atomic E-state index is -1.98. The van der Waals surface area contributed by atoms with Crippen LogP contribution in [-0.2, 0) is 25.6 Å². The normalized spacial score (nSPS) is 30.9. The maximum atomic E-state index is 6.88. The van der Waals surface area contributed by atoms with Gasteiger partial charge >= 0.3 is 37.9 Å². The van der Waals surface area contributed by atoms with E-state index in [4.69, 9.17) is 21.8 Å². The Morgan fingerprint density at radius 1 is 0.733 bits per heavy atom. The van der Waals surface area contributed by atoms with Gasteiger partial charge in [-0.05, 0) is 102 Å². The van der Waals surface area contributed by atoms with Crippen molar-refractivity contribution in [3.8, 4) is 0 Å². The molecule has 2 saturated carbocycles. The topological polar surface area (TPSA) is 9.23 Å². The van der Waals surface area contributed by atoms with Crippen LogP contribution in [0.2, 0.25) is 17.6 Å². The zero-order chi connectivity index (χ0) is 30.8. The van der Waals surface area contributed by atoms with Gasteiger partial charge in [0, 0.05) is 6.23 Å². The van der Waals surface area contributed by atoms with Crippen molar-refractivity contribution in [3.05, 3.63) is 123 Å². The Morgan fingerprint density at radius 2 is 1.11 bits per heavy atom. The van der Waals surface area contributed by atoms with Crippen LogP contribution in [0.3, 0.4) is 0 Å². The second kappa shape index (κ2) is 16.4. The van der Waals surface area contributed by atoms with Crippen LogP contribution in [-0.4, -0.2) is 19.9 Å². The number of benzene rings is 2. The summed E-state index contributed by atoms with van der Waals surface area (Å²) in [4.78, 5) is 0. The molecule has 0 N–H and O–H groups in total. The first kappa shape index (κ1) is 38.5. The molecule has 0 radical (unpaired) electrons. The Labute approximate surface area is 295 Å². The molecule has 2 aromatic rings. The van der Waals surface area contributed by atoms with Crippen molar-refractivity contribution in [1.82, 2.24) is 0 Å². The summed E-state index contributed by atoms with van der Waals surface area (Å²) in [5.74, 6) is 3.85. The predicted octanol–water partition coefficient (Wildman–Crippen LogP) is 12.3. The van der Waals surface area contributed by atoms with E-state index < -0.39 is 28.9 Å². The second-order valence-electron chi connectivity index (χ2n) is 14.6. The fourth-order valence-electron chi connectivity index (χ4n) is 9.51. The summed E-state index contributed by atoms with van der Waals surface area (Å²) < 4.78 is 6.88. The van der Waals surface area contributed by atoms with E-state index in [0.29, 0.717) is 46.6 Å². The molecule has 4 aliphatic rings. The van der Waals surface area contributed by atoms with Crippen molar-refractivity contribution in [2.45, 2.75) is 70.7 Å². The standard InChI is InChI=1S/C38H48OSi.2CH3.2ClH.Zr/c1-26-23-34-30(28-15-9-7-10-16-28)19-13-21-32(34)36(26)40(6,25-39-38(3,4)5)37-27(2)24-35-31(20-14-22-33(35)37)29-17-11-8-12-18-29;;;;;/h7-22,26-27,32-37H,23-25H2,1-6H3;2*1H3;2*1H;/q;2*-1;;;+4/p-2. The van der Waals surface area contributed by atoms with Gasteiger partial charge in [-0.1, -0.05) is 118 Å². The first-order valence-corrected chi connectivity index (χ1v) is 25.3. The van der Waals surface area contributed by atoms with Crippen LogP contribution < -0.4 is 0 Å². The van der Waals surface area contributed by atoms with Crippen molar-refractivity contribution in [3.63, 3.8) is 0 Å². The van der Waals surface area contributed by atoms with Crippen LogP contribution in [0.15, 0.2) is 97.1 Å². The van der Waals surface area contributed by atoms with Gasteiger partial charge < -0.3 is 19.6 Å². The molecule has 0 amide bonds. The van der Waals surface area contributed by atoms with E-state index in [1.165, 1.54) is 24.0 Å². The van der Waals surface area contributed by atoms with Gasteiger partial charge in [-0.2, -0.15) is 0 Å².